The highest BCUT2D eigenvalue weighted by Crippen LogP contribution is 2.27. The van der Waals surface area contributed by atoms with Gasteiger partial charge in [-0.1, -0.05) is 5.16 Å². The monoisotopic (exact) mass is 164 g/mol. The third-order valence-electron chi connectivity index (χ3n) is 1.68. The Balaban J connectivity index is 2.80. The molecule has 1 aromatic carbocycles. The molecule has 0 aliphatic rings. The summed E-state index contributed by atoms with van der Waals surface area (Å²) in [6.45, 7) is 0. The van der Waals surface area contributed by atoms with E-state index in [4.69, 9.17) is 15.0 Å². The number of methoxy groups -OCH3 is 1. The van der Waals surface area contributed by atoms with Gasteiger partial charge in [0.15, 0.2) is 5.58 Å². The van der Waals surface area contributed by atoms with Crippen molar-refractivity contribution in [2.45, 2.75) is 0 Å². The largest absolute Gasteiger partial charge is 0.496 e. The molecule has 0 atom stereocenters. The van der Waals surface area contributed by atoms with Crippen molar-refractivity contribution in [1.29, 1.82) is 0 Å². The van der Waals surface area contributed by atoms with Gasteiger partial charge in [-0.2, -0.15) is 0 Å². The summed E-state index contributed by atoms with van der Waals surface area (Å²) < 4.78 is 10.0. The number of anilines is 1. The molecule has 4 nitrogen and oxygen atoms in total. The highest BCUT2D eigenvalue weighted by molar-refractivity contribution is 5.86. The van der Waals surface area contributed by atoms with Crippen molar-refractivity contribution in [3.8, 4) is 5.75 Å². The van der Waals surface area contributed by atoms with Crippen LogP contribution in [0.5, 0.6) is 5.75 Å². The fourth-order valence-electron chi connectivity index (χ4n) is 1.13. The van der Waals surface area contributed by atoms with Gasteiger partial charge in [0.1, 0.15) is 5.75 Å². The Kier molecular flexibility index (Phi) is 1.40. The van der Waals surface area contributed by atoms with Gasteiger partial charge < -0.3 is 15.0 Å². The van der Waals surface area contributed by atoms with Crippen LogP contribution in [-0.2, 0) is 0 Å². The fraction of sp³-hybridized carbons (Fsp3) is 0.125. The molecule has 2 N–H and O–H groups in total. The van der Waals surface area contributed by atoms with Crippen LogP contribution in [0.4, 0.5) is 5.69 Å². The van der Waals surface area contributed by atoms with Gasteiger partial charge in [0.2, 0.25) is 0 Å². The minimum atomic E-state index is 0.608. The Bertz CT molecular complexity index is 408. The van der Waals surface area contributed by atoms with Gasteiger partial charge in [-0.3, -0.25) is 0 Å². The molecule has 2 aromatic rings. The number of ether oxygens (including phenoxy) is 1. The highest BCUT2D eigenvalue weighted by Gasteiger charge is 2.05. The SMILES string of the molecule is COc1cc(N)cc2oncc12. The molecule has 0 fully saturated rings. The van der Waals surface area contributed by atoms with Crippen LogP contribution in [0.1, 0.15) is 0 Å². The quantitative estimate of drug-likeness (QED) is 0.647. The number of hydrogen-bond acceptors (Lipinski definition) is 4. The first-order chi connectivity index (χ1) is 5.81. The zero-order chi connectivity index (χ0) is 8.55. The van der Waals surface area contributed by atoms with Gasteiger partial charge in [-0.05, 0) is 0 Å². The van der Waals surface area contributed by atoms with Crippen LogP contribution in [0, 0.1) is 0 Å². The molecule has 1 aromatic heterocycles. The summed E-state index contributed by atoms with van der Waals surface area (Å²) in [7, 11) is 1.58. The Morgan fingerprint density at radius 2 is 2.33 bits per heavy atom. The van der Waals surface area contributed by atoms with Crippen LogP contribution in [0.15, 0.2) is 22.9 Å². The van der Waals surface area contributed by atoms with E-state index < -0.39 is 0 Å². The minimum absolute atomic E-state index is 0.608. The summed E-state index contributed by atoms with van der Waals surface area (Å²) in [5.41, 5.74) is 6.84. The number of benzene rings is 1. The van der Waals surface area contributed by atoms with Gasteiger partial charge in [0.25, 0.3) is 0 Å². The van der Waals surface area contributed by atoms with E-state index in [9.17, 15) is 0 Å². The third kappa shape index (κ3) is 0.887. The van der Waals surface area contributed by atoms with Crippen molar-refractivity contribution < 1.29 is 9.26 Å². The first-order valence-corrected chi connectivity index (χ1v) is 3.49. The van der Waals surface area contributed by atoms with E-state index in [0.29, 0.717) is 17.0 Å². The van der Waals surface area contributed by atoms with Crippen molar-refractivity contribution >= 4 is 16.7 Å². The predicted octanol–water partition coefficient (Wildman–Crippen LogP) is 1.42. The minimum Gasteiger partial charge on any atom is -0.496 e. The number of nitrogens with two attached hydrogens (primary N) is 1. The second-order valence-corrected chi connectivity index (χ2v) is 2.46. The molecule has 62 valence electrons. The van der Waals surface area contributed by atoms with E-state index in [2.05, 4.69) is 5.16 Å². The lowest BCUT2D eigenvalue weighted by molar-refractivity contribution is 0.419. The number of nitrogen functional groups attached to an aromatic ring is 1. The average molecular weight is 164 g/mol. The molecule has 12 heavy (non-hydrogen) atoms. The summed E-state index contributed by atoms with van der Waals surface area (Å²) in [6, 6.07) is 3.45. The van der Waals surface area contributed by atoms with Crippen molar-refractivity contribution in [1.82, 2.24) is 5.16 Å². The van der Waals surface area contributed by atoms with Crippen LogP contribution in [0.25, 0.3) is 11.0 Å². The fourth-order valence-corrected chi connectivity index (χ4v) is 1.13. The number of nitrogens with zero attached hydrogens (tertiary/aromatic N) is 1. The Morgan fingerprint density at radius 1 is 1.50 bits per heavy atom. The van der Waals surface area contributed by atoms with E-state index >= 15 is 0 Å². The van der Waals surface area contributed by atoms with E-state index in [1.54, 1.807) is 25.4 Å². The summed E-state index contributed by atoms with van der Waals surface area (Å²) in [5, 5.41) is 4.48. The standard InChI is InChI=1S/C8H8N2O2/c1-11-7-2-5(9)3-8-6(7)4-10-12-8/h2-4H,9H2,1H3. The van der Waals surface area contributed by atoms with Crippen LogP contribution < -0.4 is 10.5 Å². The van der Waals surface area contributed by atoms with Gasteiger partial charge in [0.05, 0.1) is 18.7 Å². The van der Waals surface area contributed by atoms with E-state index in [-0.39, 0.29) is 0 Å². The van der Waals surface area contributed by atoms with Crippen molar-refractivity contribution in [3.63, 3.8) is 0 Å². The maximum absolute atomic E-state index is 5.59. The first kappa shape index (κ1) is 6.97. The molecular formula is C8H8N2O2. The smallest absolute Gasteiger partial charge is 0.172 e. The van der Waals surface area contributed by atoms with Crippen molar-refractivity contribution in [2.24, 2.45) is 0 Å². The van der Waals surface area contributed by atoms with E-state index in [0.717, 1.165) is 5.39 Å². The predicted molar refractivity (Wildman–Crippen MR) is 45.0 cm³/mol. The normalized spacial score (nSPS) is 10.4. The zero-order valence-corrected chi connectivity index (χ0v) is 6.57. The van der Waals surface area contributed by atoms with E-state index in [1.165, 1.54) is 0 Å². The zero-order valence-electron chi connectivity index (χ0n) is 6.57. The molecule has 1 heterocycles. The number of fused-ring (bicyclic) bond motifs is 1. The molecule has 0 aliphatic heterocycles. The summed E-state index contributed by atoms with van der Waals surface area (Å²) in [6.07, 6.45) is 1.60. The van der Waals surface area contributed by atoms with Crippen LogP contribution in [-0.4, -0.2) is 12.3 Å². The molecule has 0 bridgehead atoms. The lowest BCUT2D eigenvalue weighted by Gasteiger charge is -2.00. The number of hydrogen-bond donors (Lipinski definition) is 1. The van der Waals surface area contributed by atoms with Crippen molar-refractivity contribution in [3.05, 3.63) is 18.3 Å². The van der Waals surface area contributed by atoms with Gasteiger partial charge in [0, 0.05) is 17.8 Å². The first-order valence-electron chi connectivity index (χ1n) is 3.49. The molecule has 0 aliphatic carbocycles. The molecule has 0 radical (unpaired) electrons. The molecule has 2 rings (SSSR count). The lowest BCUT2D eigenvalue weighted by atomic mass is 10.2. The summed E-state index contributed by atoms with van der Waals surface area (Å²) >= 11 is 0. The van der Waals surface area contributed by atoms with Crippen LogP contribution in [0.3, 0.4) is 0 Å². The van der Waals surface area contributed by atoms with E-state index in [1.807, 2.05) is 0 Å². The highest BCUT2D eigenvalue weighted by atomic mass is 16.5. The molecule has 0 spiro atoms. The molecule has 0 saturated heterocycles. The molecule has 0 unspecified atom stereocenters. The second-order valence-electron chi connectivity index (χ2n) is 2.46. The van der Waals surface area contributed by atoms with Crippen LogP contribution >= 0.6 is 0 Å². The number of rotatable bonds is 1. The Labute approximate surface area is 68.9 Å². The van der Waals surface area contributed by atoms with Gasteiger partial charge in [-0.25, -0.2) is 0 Å². The van der Waals surface area contributed by atoms with Crippen LogP contribution in [0.2, 0.25) is 0 Å². The molecular weight excluding hydrogens is 156 g/mol. The Morgan fingerprint density at radius 3 is 3.08 bits per heavy atom. The van der Waals surface area contributed by atoms with Crippen molar-refractivity contribution in [2.75, 3.05) is 12.8 Å². The maximum atomic E-state index is 5.59. The summed E-state index contributed by atoms with van der Waals surface area (Å²) in [4.78, 5) is 0. The third-order valence-corrected chi connectivity index (χ3v) is 1.68. The Hall–Kier alpha value is -1.71. The molecule has 0 saturated carbocycles. The maximum Gasteiger partial charge on any atom is 0.172 e. The molecule has 4 heteroatoms. The average Bonchev–Trinajstić information content (AvgIpc) is 2.50. The topological polar surface area (TPSA) is 61.3 Å². The molecule has 0 amide bonds. The van der Waals surface area contributed by atoms with Gasteiger partial charge >= 0.3 is 0 Å². The lowest BCUT2D eigenvalue weighted by Crippen LogP contribution is -1.87. The van der Waals surface area contributed by atoms with Gasteiger partial charge in [-0.15, -0.1) is 0 Å². The summed E-state index contributed by atoms with van der Waals surface area (Å²) in [5.74, 6) is 0.686. The number of aromatic nitrogens is 1. The second kappa shape index (κ2) is 2.41.